The van der Waals surface area contributed by atoms with Crippen LogP contribution >= 0.6 is 11.6 Å². The fourth-order valence-corrected chi connectivity index (χ4v) is 2.37. The summed E-state index contributed by atoms with van der Waals surface area (Å²) in [5.74, 6) is 0.613. The number of ether oxygens (including phenoxy) is 1. The first-order valence-corrected chi connectivity index (χ1v) is 7.01. The predicted molar refractivity (Wildman–Crippen MR) is 75.3 cm³/mol. The molecule has 1 aliphatic rings. The number of piperidine rings is 1. The van der Waals surface area contributed by atoms with Crippen LogP contribution in [0.2, 0.25) is 5.15 Å². The Morgan fingerprint density at radius 1 is 1.44 bits per heavy atom. The van der Waals surface area contributed by atoms with Gasteiger partial charge in [0.05, 0.1) is 6.10 Å². The van der Waals surface area contributed by atoms with E-state index in [2.05, 4.69) is 23.7 Å². The van der Waals surface area contributed by atoms with Crippen LogP contribution in [0.1, 0.15) is 26.7 Å². The van der Waals surface area contributed by atoms with Gasteiger partial charge in [-0.2, -0.15) is 0 Å². The third kappa shape index (κ3) is 3.85. The molecule has 0 atom stereocenters. The van der Waals surface area contributed by atoms with Gasteiger partial charge in [-0.1, -0.05) is 25.4 Å². The second kappa shape index (κ2) is 6.39. The Morgan fingerprint density at radius 3 is 2.78 bits per heavy atom. The maximum atomic E-state index is 5.91. The maximum absolute atomic E-state index is 5.91. The van der Waals surface area contributed by atoms with E-state index < -0.39 is 0 Å². The van der Waals surface area contributed by atoms with Gasteiger partial charge < -0.3 is 9.64 Å². The number of nitrogens with zero attached hydrogens (tertiary/aromatic N) is 2. The van der Waals surface area contributed by atoms with Gasteiger partial charge in [0.25, 0.3) is 0 Å². The Hall–Kier alpha value is -0.800. The zero-order valence-electron chi connectivity index (χ0n) is 11.1. The Bertz CT molecular complexity index is 376. The molecule has 2 rings (SSSR count). The van der Waals surface area contributed by atoms with Crippen LogP contribution in [0, 0.1) is 5.92 Å². The second-order valence-corrected chi connectivity index (χ2v) is 5.64. The number of aromatic nitrogens is 1. The topological polar surface area (TPSA) is 25.4 Å². The number of rotatable bonds is 4. The fraction of sp³-hybridized carbons (Fsp3) is 0.643. The smallest absolute Gasteiger partial charge is 0.131 e. The molecule has 0 aromatic carbocycles. The van der Waals surface area contributed by atoms with Crippen LogP contribution in [0.15, 0.2) is 18.3 Å². The molecule has 4 heteroatoms. The van der Waals surface area contributed by atoms with Crippen LogP contribution < -0.4 is 4.90 Å². The third-order valence-corrected chi connectivity index (χ3v) is 3.39. The summed E-state index contributed by atoms with van der Waals surface area (Å²) in [5.41, 5.74) is 1.16. The molecule has 1 aliphatic heterocycles. The van der Waals surface area contributed by atoms with Crippen molar-refractivity contribution in [2.45, 2.75) is 32.8 Å². The highest BCUT2D eigenvalue weighted by Crippen LogP contribution is 2.23. The minimum absolute atomic E-state index is 0.418. The molecule has 1 aromatic heterocycles. The second-order valence-electron chi connectivity index (χ2n) is 5.25. The summed E-state index contributed by atoms with van der Waals surface area (Å²) in [6.45, 7) is 7.31. The summed E-state index contributed by atoms with van der Waals surface area (Å²) in [6, 6.07) is 3.94. The molecule has 0 N–H and O–H groups in total. The average Bonchev–Trinajstić information content (AvgIpc) is 2.37. The molecule has 1 fully saturated rings. The zero-order valence-corrected chi connectivity index (χ0v) is 11.9. The van der Waals surface area contributed by atoms with Gasteiger partial charge in [0.15, 0.2) is 0 Å². The molecule has 2 heterocycles. The van der Waals surface area contributed by atoms with Crippen LogP contribution in [0.25, 0.3) is 0 Å². The Labute approximate surface area is 114 Å². The van der Waals surface area contributed by atoms with Gasteiger partial charge in [0.1, 0.15) is 5.15 Å². The van der Waals surface area contributed by atoms with Gasteiger partial charge in [-0.25, -0.2) is 4.98 Å². The lowest BCUT2D eigenvalue weighted by Gasteiger charge is -2.33. The van der Waals surface area contributed by atoms with E-state index in [-0.39, 0.29) is 0 Å². The number of hydrogen-bond acceptors (Lipinski definition) is 3. The van der Waals surface area contributed by atoms with Crippen LogP contribution in [0.3, 0.4) is 0 Å². The molecule has 18 heavy (non-hydrogen) atoms. The molecular weight excluding hydrogens is 248 g/mol. The summed E-state index contributed by atoms with van der Waals surface area (Å²) in [6.07, 6.45) is 4.36. The summed E-state index contributed by atoms with van der Waals surface area (Å²) in [4.78, 5) is 6.36. The molecule has 0 saturated carbocycles. The maximum Gasteiger partial charge on any atom is 0.131 e. The summed E-state index contributed by atoms with van der Waals surface area (Å²) in [7, 11) is 0. The number of pyridine rings is 1. The van der Waals surface area contributed by atoms with Crippen LogP contribution in [-0.4, -0.2) is 30.8 Å². The van der Waals surface area contributed by atoms with Crippen molar-refractivity contribution in [2.24, 2.45) is 5.92 Å². The van der Waals surface area contributed by atoms with Gasteiger partial charge in [-0.3, -0.25) is 0 Å². The third-order valence-electron chi connectivity index (χ3n) is 3.18. The predicted octanol–water partition coefficient (Wildman–Crippen LogP) is 3.38. The van der Waals surface area contributed by atoms with E-state index >= 15 is 0 Å². The molecule has 100 valence electrons. The van der Waals surface area contributed by atoms with Gasteiger partial charge in [0, 0.05) is 31.6 Å². The molecular formula is C14H21ClN2O. The molecule has 0 unspecified atom stereocenters. The number of anilines is 1. The van der Waals surface area contributed by atoms with E-state index in [0.717, 1.165) is 38.2 Å². The fourth-order valence-electron chi connectivity index (χ4n) is 2.20. The minimum atomic E-state index is 0.418. The van der Waals surface area contributed by atoms with Gasteiger partial charge in [-0.15, -0.1) is 0 Å². The lowest BCUT2D eigenvalue weighted by molar-refractivity contribution is 0.0215. The van der Waals surface area contributed by atoms with Crippen molar-refractivity contribution in [3.05, 3.63) is 23.5 Å². The normalized spacial score (nSPS) is 17.4. The van der Waals surface area contributed by atoms with Gasteiger partial charge in [0.2, 0.25) is 0 Å². The Kier molecular flexibility index (Phi) is 4.84. The molecule has 1 saturated heterocycles. The Balaban J connectivity index is 1.83. The van der Waals surface area contributed by atoms with E-state index in [0.29, 0.717) is 17.2 Å². The zero-order chi connectivity index (χ0) is 13.0. The largest absolute Gasteiger partial charge is 0.378 e. The molecule has 0 bridgehead atoms. The first-order valence-electron chi connectivity index (χ1n) is 6.63. The number of halogens is 1. The monoisotopic (exact) mass is 268 g/mol. The van der Waals surface area contributed by atoms with Gasteiger partial charge >= 0.3 is 0 Å². The molecule has 0 amide bonds. The summed E-state index contributed by atoms with van der Waals surface area (Å²) in [5, 5.41) is 0.561. The van der Waals surface area contributed by atoms with Crippen molar-refractivity contribution >= 4 is 17.3 Å². The molecule has 0 spiro atoms. The van der Waals surface area contributed by atoms with Crippen molar-refractivity contribution in [3.8, 4) is 0 Å². The SMILES string of the molecule is CC(C)COC1CCN(c2ccnc(Cl)c2)CC1. The molecule has 3 nitrogen and oxygen atoms in total. The standard InChI is InChI=1S/C14H21ClN2O/c1-11(2)10-18-13-4-7-17(8-5-13)12-3-6-16-14(15)9-12/h3,6,9,11,13H,4-5,7-8,10H2,1-2H3. The van der Waals surface area contributed by atoms with Crippen molar-refractivity contribution < 1.29 is 4.74 Å². The highest BCUT2D eigenvalue weighted by atomic mass is 35.5. The van der Waals surface area contributed by atoms with Crippen molar-refractivity contribution in [3.63, 3.8) is 0 Å². The van der Waals surface area contributed by atoms with E-state index in [4.69, 9.17) is 16.3 Å². The number of hydrogen-bond donors (Lipinski definition) is 0. The van der Waals surface area contributed by atoms with E-state index in [1.54, 1.807) is 6.20 Å². The highest BCUT2D eigenvalue weighted by Gasteiger charge is 2.20. The lowest BCUT2D eigenvalue weighted by Crippen LogP contribution is -2.37. The Morgan fingerprint density at radius 2 is 2.17 bits per heavy atom. The summed E-state index contributed by atoms with van der Waals surface area (Å²) >= 11 is 5.91. The van der Waals surface area contributed by atoms with E-state index in [9.17, 15) is 0 Å². The summed E-state index contributed by atoms with van der Waals surface area (Å²) < 4.78 is 5.89. The van der Waals surface area contributed by atoms with Crippen LogP contribution in [-0.2, 0) is 4.74 Å². The highest BCUT2D eigenvalue weighted by molar-refractivity contribution is 6.29. The quantitative estimate of drug-likeness (QED) is 0.783. The molecule has 1 aromatic rings. The van der Waals surface area contributed by atoms with Crippen molar-refractivity contribution in [1.29, 1.82) is 0 Å². The van der Waals surface area contributed by atoms with Crippen LogP contribution in [0.5, 0.6) is 0 Å². The van der Waals surface area contributed by atoms with Gasteiger partial charge in [-0.05, 0) is 30.9 Å². The van der Waals surface area contributed by atoms with Crippen molar-refractivity contribution in [1.82, 2.24) is 4.98 Å². The van der Waals surface area contributed by atoms with Crippen LogP contribution in [0.4, 0.5) is 5.69 Å². The molecule has 0 aliphatic carbocycles. The lowest BCUT2D eigenvalue weighted by atomic mass is 10.1. The minimum Gasteiger partial charge on any atom is -0.378 e. The van der Waals surface area contributed by atoms with E-state index in [1.165, 1.54) is 0 Å². The average molecular weight is 269 g/mol. The first-order chi connectivity index (χ1) is 8.65. The first kappa shape index (κ1) is 13.6. The van der Waals surface area contributed by atoms with Crippen molar-refractivity contribution in [2.75, 3.05) is 24.6 Å². The van der Waals surface area contributed by atoms with E-state index in [1.807, 2.05) is 12.1 Å². The molecule has 0 radical (unpaired) electrons.